The molecule has 0 unspecified atom stereocenters. The normalized spacial score (nSPS) is 10.7. The molecule has 90 valence electrons. The van der Waals surface area contributed by atoms with Crippen LogP contribution in [-0.4, -0.2) is 40.8 Å². The molecule has 0 saturated heterocycles. The molecule has 0 N–H and O–H groups in total. The Morgan fingerprint density at radius 3 is 3.06 bits per heavy atom. The zero-order chi connectivity index (χ0) is 12.0. The highest BCUT2D eigenvalue weighted by Crippen LogP contribution is 2.17. The van der Waals surface area contributed by atoms with Crippen LogP contribution in [0.4, 0.5) is 0 Å². The predicted molar refractivity (Wildman–Crippen MR) is 66.4 cm³/mol. The number of hydrogen-bond donors (Lipinski definition) is 0. The Kier molecular flexibility index (Phi) is 5.87. The summed E-state index contributed by atoms with van der Waals surface area (Å²) in [5, 5.41) is 4.47. The van der Waals surface area contributed by atoms with E-state index in [0.717, 1.165) is 5.75 Å². The van der Waals surface area contributed by atoms with Crippen molar-refractivity contribution < 1.29 is 9.53 Å². The van der Waals surface area contributed by atoms with E-state index < -0.39 is 0 Å². The van der Waals surface area contributed by atoms with Crippen LogP contribution in [0.15, 0.2) is 6.20 Å². The Labute approximate surface area is 104 Å². The molecule has 6 heteroatoms. The van der Waals surface area contributed by atoms with E-state index in [1.807, 2.05) is 6.92 Å². The molecule has 1 rings (SSSR count). The summed E-state index contributed by atoms with van der Waals surface area (Å²) in [6.07, 6.45) is 1.50. The third-order valence-electron chi connectivity index (χ3n) is 2.00. The summed E-state index contributed by atoms with van der Waals surface area (Å²) in [5.41, 5.74) is 0.486. The first-order chi connectivity index (χ1) is 7.70. The van der Waals surface area contributed by atoms with Crippen molar-refractivity contribution in [3.63, 3.8) is 0 Å². The maximum absolute atomic E-state index is 11.9. The van der Waals surface area contributed by atoms with Gasteiger partial charge in [-0.1, -0.05) is 18.5 Å². The van der Waals surface area contributed by atoms with E-state index in [0.29, 0.717) is 29.6 Å². The Morgan fingerprint density at radius 2 is 2.44 bits per heavy atom. The van der Waals surface area contributed by atoms with Crippen molar-refractivity contribution in [1.29, 1.82) is 0 Å². The van der Waals surface area contributed by atoms with Crippen molar-refractivity contribution in [1.82, 2.24) is 9.78 Å². The van der Waals surface area contributed by atoms with E-state index in [1.54, 1.807) is 23.6 Å². The van der Waals surface area contributed by atoms with Crippen LogP contribution >= 0.6 is 23.4 Å². The minimum atomic E-state index is 0.0189. The van der Waals surface area contributed by atoms with Crippen LogP contribution in [0.5, 0.6) is 0 Å². The molecule has 1 aromatic rings. The van der Waals surface area contributed by atoms with Gasteiger partial charge in [0.2, 0.25) is 0 Å². The number of Topliss-reactive ketones (excluding diaryl/α,β-unsaturated/α-hetero) is 1. The van der Waals surface area contributed by atoms with Crippen LogP contribution in [0.1, 0.15) is 17.4 Å². The second-order valence-corrected chi connectivity index (χ2v) is 4.80. The first-order valence-electron chi connectivity index (χ1n) is 5.01. The second-order valence-electron chi connectivity index (χ2n) is 3.12. The molecule has 0 atom stereocenters. The lowest BCUT2D eigenvalue weighted by Crippen LogP contribution is -2.15. The Hall–Kier alpha value is -0.520. The SMILES string of the molecule is CCSCC(=O)c1c(Cl)cnn1CCOC. The molecule has 0 radical (unpaired) electrons. The van der Waals surface area contributed by atoms with Gasteiger partial charge in [-0.2, -0.15) is 16.9 Å². The summed E-state index contributed by atoms with van der Waals surface area (Å²) in [7, 11) is 1.61. The van der Waals surface area contributed by atoms with Crippen molar-refractivity contribution in [2.24, 2.45) is 0 Å². The summed E-state index contributed by atoms with van der Waals surface area (Å²) in [4.78, 5) is 11.9. The molecule has 0 aromatic carbocycles. The lowest BCUT2D eigenvalue weighted by molar-refractivity contribution is 0.100. The van der Waals surface area contributed by atoms with E-state index in [2.05, 4.69) is 5.10 Å². The maximum Gasteiger partial charge on any atom is 0.192 e. The minimum absolute atomic E-state index is 0.0189. The quantitative estimate of drug-likeness (QED) is 0.706. The first kappa shape index (κ1) is 13.5. The van der Waals surface area contributed by atoms with Gasteiger partial charge >= 0.3 is 0 Å². The second kappa shape index (κ2) is 6.93. The third-order valence-corrected chi connectivity index (χ3v) is 3.15. The van der Waals surface area contributed by atoms with Gasteiger partial charge in [0, 0.05) is 7.11 Å². The Morgan fingerprint density at radius 1 is 1.69 bits per heavy atom. The molecule has 0 saturated carbocycles. The van der Waals surface area contributed by atoms with Crippen LogP contribution in [0.3, 0.4) is 0 Å². The summed E-state index contributed by atoms with van der Waals surface area (Å²) in [6, 6.07) is 0. The molecule has 0 aliphatic carbocycles. The van der Waals surface area contributed by atoms with Gasteiger partial charge in [0.05, 0.1) is 30.1 Å². The average molecular weight is 263 g/mol. The molecule has 1 heterocycles. The summed E-state index contributed by atoms with van der Waals surface area (Å²) in [5.74, 6) is 1.37. The molecule has 0 bridgehead atoms. The van der Waals surface area contributed by atoms with Crippen molar-refractivity contribution in [2.45, 2.75) is 13.5 Å². The lowest BCUT2D eigenvalue weighted by Gasteiger charge is -2.06. The van der Waals surface area contributed by atoms with Crippen molar-refractivity contribution in [2.75, 3.05) is 25.2 Å². The molecule has 0 spiro atoms. The topological polar surface area (TPSA) is 44.1 Å². The molecular formula is C10H15ClN2O2S. The lowest BCUT2D eigenvalue weighted by atomic mass is 10.3. The van der Waals surface area contributed by atoms with Gasteiger partial charge in [-0.25, -0.2) is 0 Å². The van der Waals surface area contributed by atoms with Crippen molar-refractivity contribution >= 4 is 29.1 Å². The fourth-order valence-electron chi connectivity index (χ4n) is 1.25. The number of methoxy groups -OCH3 is 1. The molecule has 0 amide bonds. The standard InChI is InChI=1S/C10H15ClN2O2S/c1-3-16-7-9(14)10-8(11)6-12-13(10)4-5-15-2/h6H,3-5,7H2,1-2H3. The fraction of sp³-hybridized carbons (Fsp3) is 0.600. The van der Waals surface area contributed by atoms with Gasteiger partial charge in [-0.3, -0.25) is 9.48 Å². The monoisotopic (exact) mass is 262 g/mol. The highest BCUT2D eigenvalue weighted by atomic mass is 35.5. The molecule has 16 heavy (non-hydrogen) atoms. The molecular weight excluding hydrogens is 248 g/mol. The summed E-state index contributed by atoms with van der Waals surface area (Å²) >= 11 is 7.52. The van der Waals surface area contributed by atoms with Crippen LogP contribution in [0.25, 0.3) is 0 Å². The average Bonchev–Trinajstić information content (AvgIpc) is 2.64. The van der Waals surface area contributed by atoms with Crippen molar-refractivity contribution in [3.05, 3.63) is 16.9 Å². The first-order valence-corrected chi connectivity index (χ1v) is 6.55. The number of ketones is 1. The van der Waals surface area contributed by atoms with Gasteiger partial charge < -0.3 is 4.74 Å². The van der Waals surface area contributed by atoms with E-state index in [4.69, 9.17) is 16.3 Å². The molecule has 1 aromatic heterocycles. The highest BCUT2D eigenvalue weighted by Gasteiger charge is 2.16. The smallest absolute Gasteiger partial charge is 0.192 e. The van der Waals surface area contributed by atoms with Gasteiger partial charge in [0.15, 0.2) is 5.78 Å². The van der Waals surface area contributed by atoms with Crippen LogP contribution in [0, 0.1) is 0 Å². The Balaban J connectivity index is 2.75. The summed E-state index contributed by atoms with van der Waals surface area (Å²) < 4.78 is 6.55. The predicted octanol–water partition coefficient (Wildman–Crippen LogP) is 2.12. The van der Waals surface area contributed by atoms with Crippen LogP contribution in [0.2, 0.25) is 5.02 Å². The maximum atomic E-state index is 11.9. The van der Waals surface area contributed by atoms with Gasteiger partial charge in [0.1, 0.15) is 5.69 Å². The zero-order valence-electron chi connectivity index (χ0n) is 9.40. The number of carbonyl (C=O) groups excluding carboxylic acids is 1. The Bertz CT molecular complexity index is 355. The number of hydrogen-bond acceptors (Lipinski definition) is 4. The number of carbonyl (C=O) groups is 1. The largest absolute Gasteiger partial charge is 0.383 e. The fourth-order valence-corrected chi connectivity index (χ4v) is 2.02. The number of halogens is 1. The van der Waals surface area contributed by atoms with E-state index in [9.17, 15) is 4.79 Å². The van der Waals surface area contributed by atoms with Crippen molar-refractivity contribution in [3.8, 4) is 0 Å². The third kappa shape index (κ3) is 3.50. The molecule has 4 nitrogen and oxygen atoms in total. The zero-order valence-corrected chi connectivity index (χ0v) is 11.0. The molecule has 0 aliphatic heterocycles. The number of aromatic nitrogens is 2. The number of ether oxygens (including phenoxy) is 1. The van der Waals surface area contributed by atoms with E-state index >= 15 is 0 Å². The van der Waals surface area contributed by atoms with Gasteiger partial charge in [-0.05, 0) is 5.75 Å². The summed E-state index contributed by atoms with van der Waals surface area (Å²) in [6.45, 7) is 3.07. The number of rotatable bonds is 7. The van der Waals surface area contributed by atoms with Crippen LogP contribution in [-0.2, 0) is 11.3 Å². The van der Waals surface area contributed by atoms with E-state index in [1.165, 1.54) is 6.20 Å². The minimum Gasteiger partial charge on any atom is -0.383 e. The number of nitrogens with zero attached hydrogens (tertiary/aromatic N) is 2. The van der Waals surface area contributed by atoms with E-state index in [-0.39, 0.29) is 5.78 Å². The van der Waals surface area contributed by atoms with Crippen LogP contribution < -0.4 is 0 Å². The molecule has 0 aliphatic rings. The van der Waals surface area contributed by atoms with Gasteiger partial charge in [-0.15, -0.1) is 0 Å². The number of thioether (sulfide) groups is 1. The van der Waals surface area contributed by atoms with Gasteiger partial charge in [0.25, 0.3) is 0 Å². The highest BCUT2D eigenvalue weighted by molar-refractivity contribution is 7.99. The molecule has 0 fully saturated rings.